The first-order valence-corrected chi connectivity index (χ1v) is 10.2. The standard InChI is InChI=1S/C22H24O11/c1-29-10-6-14-21(31-12-5-3-2-4-11(12)13(30-14)8-17(24)25)15(7-10)32-22-20(28)19(27)18(26)16(9-23)33-22/h2-7,13,16,18-20,22-23,26-28H,8-9H2,1H3,(H,24,25)/t13?,16-,18-,19+,20-,22-/m1/s1. The van der Waals surface area contributed by atoms with Crippen molar-refractivity contribution in [3.05, 3.63) is 42.0 Å². The van der Waals surface area contributed by atoms with Gasteiger partial charge in [0.05, 0.1) is 20.1 Å². The first kappa shape index (κ1) is 23.1. The summed E-state index contributed by atoms with van der Waals surface area (Å²) in [7, 11) is 1.40. The van der Waals surface area contributed by atoms with E-state index in [2.05, 4.69) is 0 Å². The number of hydrogen-bond acceptors (Lipinski definition) is 10. The highest BCUT2D eigenvalue weighted by Gasteiger charge is 2.45. The van der Waals surface area contributed by atoms with Gasteiger partial charge in [-0.15, -0.1) is 0 Å². The fraction of sp³-hybridized carbons (Fsp3) is 0.409. The number of aliphatic hydroxyl groups excluding tert-OH is 4. The summed E-state index contributed by atoms with van der Waals surface area (Å²) < 4.78 is 28.5. The van der Waals surface area contributed by atoms with Gasteiger partial charge < -0.3 is 49.2 Å². The summed E-state index contributed by atoms with van der Waals surface area (Å²) in [5, 5.41) is 49.2. The third-order valence-electron chi connectivity index (χ3n) is 5.43. The first-order valence-electron chi connectivity index (χ1n) is 10.2. The third-order valence-corrected chi connectivity index (χ3v) is 5.43. The van der Waals surface area contributed by atoms with Gasteiger partial charge >= 0.3 is 5.97 Å². The van der Waals surface area contributed by atoms with Crippen molar-refractivity contribution in [2.24, 2.45) is 0 Å². The van der Waals surface area contributed by atoms with Crippen molar-refractivity contribution >= 4 is 5.97 Å². The Balaban J connectivity index is 1.74. The van der Waals surface area contributed by atoms with Gasteiger partial charge in [0.25, 0.3) is 0 Å². The van der Waals surface area contributed by atoms with E-state index in [1.807, 2.05) is 0 Å². The summed E-state index contributed by atoms with van der Waals surface area (Å²) >= 11 is 0. The fourth-order valence-electron chi connectivity index (χ4n) is 3.71. The van der Waals surface area contributed by atoms with Crippen LogP contribution >= 0.6 is 0 Å². The van der Waals surface area contributed by atoms with Crippen molar-refractivity contribution in [2.75, 3.05) is 13.7 Å². The van der Waals surface area contributed by atoms with Crippen LogP contribution in [0.1, 0.15) is 18.1 Å². The number of rotatable bonds is 6. The van der Waals surface area contributed by atoms with E-state index >= 15 is 0 Å². The predicted octanol–water partition coefficient (Wildman–Crippen LogP) is 0.574. The maximum absolute atomic E-state index is 11.4. The van der Waals surface area contributed by atoms with Crippen LogP contribution in [0.25, 0.3) is 0 Å². The van der Waals surface area contributed by atoms with Gasteiger partial charge in [-0.1, -0.05) is 18.2 Å². The zero-order valence-electron chi connectivity index (χ0n) is 17.5. The van der Waals surface area contributed by atoms with E-state index < -0.39 is 49.4 Å². The highest BCUT2D eigenvalue weighted by molar-refractivity contribution is 5.69. The van der Waals surface area contributed by atoms with Crippen molar-refractivity contribution in [1.29, 1.82) is 0 Å². The summed E-state index contributed by atoms with van der Waals surface area (Å²) in [6.07, 6.45) is -8.68. The Bertz CT molecular complexity index is 1010. The lowest BCUT2D eigenvalue weighted by molar-refractivity contribution is -0.277. The summed E-state index contributed by atoms with van der Waals surface area (Å²) in [6, 6.07) is 9.69. The van der Waals surface area contributed by atoms with Gasteiger partial charge in [-0.3, -0.25) is 4.79 Å². The van der Waals surface area contributed by atoms with Crippen LogP contribution in [0.4, 0.5) is 0 Å². The summed E-state index contributed by atoms with van der Waals surface area (Å²) in [6.45, 7) is -0.620. The maximum atomic E-state index is 11.4. The molecule has 1 saturated heterocycles. The zero-order valence-corrected chi connectivity index (χ0v) is 17.5. The van der Waals surface area contributed by atoms with Crippen LogP contribution in [0, 0.1) is 0 Å². The number of methoxy groups -OCH3 is 1. The molecule has 1 unspecified atom stereocenters. The molecular weight excluding hydrogens is 440 g/mol. The normalized spacial score (nSPS) is 28.4. The van der Waals surface area contributed by atoms with Crippen LogP contribution in [-0.2, 0) is 9.53 Å². The average molecular weight is 464 g/mol. The molecule has 0 aromatic heterocycles. The molecule has 0 saturated carbocycles. The molecule has 0 radical (unpaired) electrons. The molecule has 11 heteroatoms. The number of carboxylic acid groups (broad SMARTS) is 1. The molecule has 1 fully saturated rings. The highest BCUT2D eigenvalue weighted by atomic mass is 16.7. The van der Waals surface area contributed by atoms with Gasteiger partial charge in [0.1, 0.15) is 42.0 Å². The molecule has 2 aliphatic rings. The molecule has 2 aromatic carbocycles. The minimum Gasteiger partial charge on any atom is -0.496 e. The molecule has 2 aromatic rings. The SMILES string of the molecule is COc1cc2c(c(O[C@@H]3O[C@H](CO)[C@@H](O)[C@H](O)[C@H]3O)c1)Oc1ccccc1C(CC(=O)O)O2. The topological polar surface area (TPSA) is 164 Å². The number of fused-ring (bicyclic) bond motifs is 2. The number of para-hydroxylation sites is 1. The summed E-state index contributed by atoms with van der Waals surface area (Å²) in [5.41, 5.74) is 0.508. The van der Waals surface area contributed by atoms with Crippen LogP contribution in [-0.4, -0.2) is 75.9 Å². The molecule has 0 bridgehead atoms. The molecule has 178 valence electrons. The van der Waals surface area contributed by atoms with Crippen LogP contribution < -0.4 is 18.9 Å². The third kappa shape index (κ3) is 4.54. The van der Waals surface area contributed by atoms with Gasteiger partial charge in [0, 0.05) is 17.7 Å². The molecule has 2 heterocycles. The van der Waals surface area contributed by atoms with E-state index in [0.29, 0.717) is 11.3 Å². The second kappa shape index (κ2) is 9.41. The summed E-state index contributed by atoms with van der Waals surface area (Å²) in [5.74, 6) is -0.272. The number of aliphatic hydroxyl groups is 4. The molecule has 5 N–H and O–H groups in total. The smallest absolute Gasteiger partial charge is 0.307 e. The maximum Gasteiger partial charge on any atom is 0.307 e. The van der Waals surface area contributed by atoms with Gasteiger partial charge in [-0.25, -0.2) is 0 Å². The zero-order chi connectivity index (χ0) is 23.7. The van der Waals surface area contributed by atoms with E-state index in [1.165, 1.54) is 19.2 Å². The second-order valence-electron chi connectivity index (χ2n) is 7.61. The number of aliphatic carboxylic acids is 1. The predicted molar refractivity (Wildman–Crippen MR) is 110 cm³/mol. The van der Waals surface area contributed by atoms with Crippen molar-refractivity contribution < 1.29 is 54.0 Å². The molecule has 2 aliphatic heterocycles. The van der Waals surface area contributed by atoms with Gasteiger partial charge in [-0.05, 0) is 6.07 Å². The van der Waals surface area contributed by atoms with E-state index in [0.717, 1.165) is 0 Å². The number of carbonyl (C=O) groups is 1. The monoisotopic (exact) mass is 464 g/mol. The van der Waals surface area contributed by atoms with Gasteiger partial charge in [0.15, 0.2) is 11.5 Å². The van der Waals surface area contributed by atoms with E-state index in [4.69, 9.17) is 23.7 Å². The van der Waals surface area contributed by atoms with E-state index in [9.17, 15) is 30.3 Å². The molecule has 0 amide bonds. The van der Waals surface area contributed by atoms with Gasteiger partial charge in [0.2, 0.25) is 12.0 Å². The Morgan fingerprint density at radius 1 is 1.06 bits per heavy atom. The van der Waals surface area contributed by atoms with Gasteiger partial charge in [-0.2, -0.15) is 0 Å². The minimum absolute atomic E-state index is 0.000502. The second-order valence-corrected chi connectivity index (χ2v) is 7.61. The molecular formula is C22H24O11. The average Bonchev–Trinajstić information content (AvgIpc) is 2.95. The van der Waals surface area contributed by atoms with E-state index in [-0.39, 0.29) is 29.4 Å². The van der Waals surface area contributed by atoms with Crippen LogP contribution in [0.2, 0.25) is 0 Å². The van der Waals surface area contributed by atoms with Crippen LogP contribution in [0.15, 0.2) is 36.4 Å². The van der Waals surface area contributed by atoms with Crippen molar-refractivity contribution in [3.63, 3.8) is 0 Å². The molecule has 6 atom stereocenters. The number of benzene rings is 2. The number of hydrogen-bond donors (Lipinski definition) is 5. The van der Waals surface area contributed by atoms with E-state index in [1.54, 1.807) is 24.3 Å². The van der Waals surface area contributed by atoms with Crippen LogP contribution in [0.5, 0.6) is 28.7 Å². The Morgan fingerprint density at radius 2 is 1.82 bits per heavy atom. The van der Waals surface area contributed by atoms with Crippen LogP contribution in [0.3, 0.4) is 0 Å². The fourth-order valence-corrected chi connectivity index (χ4v) is 3.71. The Labute approximate surface area is 188 Å². The number of carboxylic acids is 1. The minimum atomic E-state index is -1.65. The lowest BCUT2D eigenvalue weighted by Crippen LogP contribution is -2.60. The van der Waals surface area contributed by atoms with Crippen molar-refractivity contribution in [3.8, 4) is 28.7 Å². The summed E-state index contributed by atoms with van der Waals surface area (Å²) in [4.78, 5) is 11.4. The molecule has 0 aliphatic carbocycles. The molecule has 4 rings (SSSR count). The lowest BCUT2D eigenvalue weighted by Gasteiger charge is -2.39. The Kier molecular flexibility index (Phi) is 6.58. The largest absolute Gasteiger partial charge is 0.496 e. The molecule has 0 spiro atoms. The Hall–Kier alpha value is -3.09. The number of ether oxygens (including phenoxy) is 5. The first-order chi connectivity index (χ1) is 15.8. The lowest BCUT2D eigenvalue weighted by atomic mass is 9.99. The Morgan fingerprint density at radius 3 is 2.52 bits per heavy atom. The highest BCUT2D eigenvalue weighted by Crippen LogP contribution is 2.50. The molecule has 33 heavy (non-hydrogen) atoms. The quantitative estimate of drug-likeness (QED) is 0.406. The van der Waals surface area contributed by atoms with Crippen molar-refractivity contribution in [2.45, 2.75) is 43.2 Å². The molecule has 11 nitrogen and oxygen atoms in total. The van der Waals surface area contributed by atoms with Crippen molar-refractivity contribution in [1.82, 2.24) is 0 Å².